The molecule has 0 radical (unpaired) electrons. The van der Waals surface area contributed by atoms with Crippen LogP contribution < -0.4 is 5.32 Å². The van der Waals surface area contributed by atoms with E-state index >= 15 is 0 Å². The van der Waals surface area contributed by atoms with Gasteiger partial charge in [0.05, 0.1) is 22.0 Å². The van der Waals surface area contributed by atoms with Crippen molar-refractivity contribution in [1.29, 1.82) is 0 Å². The smallest absolute Gasteiger partial charge is 0.0860 e. The highest BCUT2D eigenvalue weighted by molar-refractivity contribution is 6.31. The zero-order valence-corrected chi connectivity index (χ0v) is 12.2. The number of hydrogen-bond acceptors (Lipinski definition) is 4. The third-order valence-electron chi connectivity index (χ3n) is 2.90. The van der Waals surface area contributed by atoms with Crippen LogP contribution in [0.1, 0.15) is 24.7 Å². The van der Waals surface area contributed by atoms with Crippen LogP contribution in [0.15, 0.2) is 0 Å². The minimum Gasteiger partial charge on any atom is -0.389 e. The normalized spacial score (nSPS) is 14.8. The number of aromatic nitrogens is 2. The summed E-state index contributed by atoms with van der Waals surface area (Å²) in [6.07, 6.45) is 0.592. The summed E-state index contributed by atoms with van der Waals surface area (Å²) in [6.45, 7) is 5.27. The minimum atomic E-state index is -0.782. The van der Waals surface area contributed by atoms with Crippen molar-refractivity contribution < 1.29 is 9.84 Å². The minimum absolute atomic E-state index is 0.483. The fraction of sp³-hybridized carbons (Fsp3) is 0.750. The van der Waals surface area contributed by atoms with Crippen LogP contribution in [-0.2, 0) is 18.3 Å². The molecule has 5 nitrogen and oxygen atoms in total. The van der Waals surface area contributed by atoms with E-state index in [2.05, 4.69) is 10.4 Å². The summed E-state index contributed by atoms with van der Waals surface area (Å²) in [7, 11) is 3.49. The number of aliphatic hydroxyl groups is 1. The van der Waals surface area contributed by atoms with Gasteiger partial charge in [-0.1, -0.05) is 11.6 Å². The molecule has 1 rings (SSSR count). The molecule has 1 aromatic rings. The number of methoxy groups -OCH3 is 1. The van der Waals surface area contributed by atoms with Crippen LogP contribution in [0.2, 0.25) is 5.02 Å². The molecule has 0 aliphatic rings. The second kappa shape index (κ2) is 6.52. The van der Waals surface area contributed by atoms with Gasteiger partial charge in [-0.05, 0) is 13.8 Å². The Morgan fingerprint density at radius 2 is 2.22 bits per heavy atom. The van der Waals surface area contributed by atoms with Gasteiger partial charge in [0.1, 0.15) is 0 Å². The molecule has 0 aliphatic heterocycles. The highest BCUT2D eigenvalue weighted by Crippen LogP contribution is 2.19. The second-order valence-corrected chi connectivity index (χ2v) is 5.19. The van der Waals surface area contributed by atoms with Crippen LogP contribution in [0.25, 0.3) is 0 Å². The van der Waals surface area contributed by atoms with E-state index in [9.17, 15) is 5.11 Å². The molecule has 0 saturated carbocycles. The molecule has 0 aromatic carbocycles. The van der Waals surface area contributed by atoms with E-state index in [1.54, 1.807) is 18.7 Å². The Kier molecular flexibility index (Phi) is 5.59. The fourth-order valence-corrected chi connectivity index (χ4v) is 1.96. The number of hydrogen-bond donors (Lipinski definition) is 2. The van der Waals surface area contributed by atoms with E-state index in [1.807, 2.05) is 14.0 Å². The third kappa shape index (κ3) is 4.24. The summed E-state index contributed by atoms with van der Waals surface area (Å²) < 4.78 is 6.72. The number of halogens is 1. The average Bonchev–Trinajstić information content (AvgIpc) is 2.53. The van der Waals surface area contributed by atoms with Gasteiger partial charge < -0.3 is 15.2 Å². The van der Waals surface area contributed by atoms with Crippen molar-refractivity contribution in [2.75, 3.05) is 20.3 Å². The summed E-state index contributed by atoms with van der Waals surface area (Å²) >= 11 is 6.14. The van der Waals surface area contributed by atoms with Gasteiger partial charge in [0, 0.05) is 40.3 Å². The zero-order chi connectivity index (χ0) is 13.8. The molecule has 1 atom stereocenters. The van der Waals surface area contributed by atoms with Gasteiger partial charge in [0.15, 0.2) is 0 Å². The quantitative estimate of drug-likeness (QED) is 0.787. The van der Waals surface area contributed by atoms with E-state index in [0.29, 0.717) is 31.1 Å². The zero-order valence-electron chi connectivity index (χ0n) is 11.5. The Hall–Kier alpha value is -0.620. The molecular weight excluding hydrogens is 254 g/mol. The molecule has 1 heterocycles. The van der Waals surface area contributed by atoms with Gasteiger partial charge in [-0.3, -0.25) is 4.68 Å². The molecule has 0 amide bonds. The van der Waals surface area contributed by atoms with Gasteiger partial charge in [-0.25, -0.2) is 0 Å². The van der Waals surface area contributed by atoms with Crippen molar-refractivity contribution in [2.24, 2.45) is 7.05 Å². The summed E-state index contributed by atoms with van der Waals surface area (Å²) in [5, 5.41) is 18.2. The van der Waals surface area contributed by atoms with E-state index in [4.69, 9.17) is 16.3 Å². The molecule has 1 unspecified atom stereocenters. The second-order valence-electron chi connectivity index (χ2n) is 4.81. The van der Waals surface area contributed by atoms with Gasteiger partial charge in [0.2, 0.25) is 0 Å². The molecule has 18 heavy (non-hydrogen) atoms. The standard InChI is InChI=1S/C12H22ClN3O2/c1-9-11(13)10(16(3)15-9)7-14-8-12(2,17)5-6-18-4/h14,17H,5-8H2,1-4H3. The van der Waals surface area contributed by atoms with E-state index in [1.165, 1.54) is 0 Å². The average molecular weight is 276 g/mol. The molecule has 2 N–H and O–H groups in total. The van der Waals surface area contributed by atoms with E-state index < -0.39 is 5.60 Å². The highest BCUT2D eigenvalue weighted by atomic mass is 35.5. The van der Waals surface area contributed by atoms with Crippen molar-refractivity contribution in [3.05, 3.63) is 16.4 Å². The Bertz CT molecular complexity index is 391. The first-order chi connectivity index (χ1) is 8.37. The molecule has 104 valence electrons. The maximum absolute atomic E-state index is 10.1. The number of rotatable bonds is 7. The Morgan fingerprint density at radius 1 is 1.56 bits per heavy atom. The lowest BCUT2D eigenvalue weighted by Gasteiger charge is -2.23. The van der Waals surface area contributed by atoms with Crippen LogP contribution in [0.5, 0.6) is 0 Å². The fourth-order valence-electron chi connectivity index (χ4n) is 1.73. The summed E-state index contributed by atoms with van der Waals surface area (Å²) in [4.78, 5) is 0. The molecule has 0 saturated heterocycles. The van der Waals surface area contributed by atoms with Gasteiger partial charge in [-0.2, -0.15) is 5.10 Å². The van der Waals surface area contributed by atoms with Crippen LogP contribution in [0.3, 0.4) is 0 Å². The summed E-state index contributed by atoms with van der Waals surface area (Å²) in [5.74, 6) is 0. The molecule has 6 heteroatoms. The van der Waals surface area contributed by atoms with Crippen LogP contribution >= 0.6 is 11.6 Å². The number of ether oxygens (including phenoxy) is 1. The first-order valence-corrected chi connectivity index (χ1v) is 6.35. The lowest BCUT2D eigenvalue weighted by Crippen LogP contribution is -2.38. The Morgan fingerprint density at radius 3 is 2.72 bits per heavy atom. The van der Waals surface area contributed by atoms with Crippen molar-refractivity contribution in [1.82, 2.24) is 15.1 Å². The van der Waals surface area contributed by atoms with Crippen LogP contribution in [0.4, 0.5) is 0 Å². The largest absolute Gasteiger partial charge is 0.389 e. The van der Waals surface area contributed by atoms with E-state index in [0.717, 1.165) is 11.4 Å². The number of nitrogens with one attached hydrogen (secondary N) is 1. The predicted octanol–water partition coefficient (Wildman–Crippen LogP) is 1.26. The molecule has 0 spiro atoms. The summed E-state index contributed by atoms with van der Waals surface area (Å²) in [5.41, 5.74) is 0.967. The Labute approximate surface area is 113 Å². The van der Waals surface area contributed by atoms with Crippen molar-refractivity contribution in [3.63, 3.8) is 0 Å². The Balaban J connectivity index is 2.46. The summed E-state index contributed by atoms with van der Waals surface area (Å²) in [6, 6.07) is 0. The van der Waals surface area contributed by atoms with Crippen molar-refractivity contribution in [2.45, 2.75) is 32.4 Å². The number of nitrogens with zero attached hydrogens (tertiary/aromatic N) is 2. The monoisotopic (exact) mass is 275 g/mol. The van der Waals surface area contributed by atoms with Gasteiger partial charge in [0.25, 0.3) is 0 Å². The molecule has 0 aliphatic carbocycles. The van der Waals surface area contributed by atoms with E-state index in [-0.39, 0.29) is 0 Å². The molecule has 1 aromatic heterocycles. The van der Waals surface area contributed by atoms with Crippen molar-refractivity contribution in [3.8, 4) is 0 Å². The lowest BCUT2D eigenvalue weighted by molar-refractivity contribution is 0.0246. The number of aryl methyl sites for hydroxylation is 2. The molecular formula is C12H22ClN3O2. The van der Waals surface area contributed by atoms with Crippen LogP contribution in [-0.4, -0.2) is 40.7 Å². The maximum Gasteiger partial charge on any atom is 0.0860 e. The predicted molar refractivity (Wildman–Crippen MR) is 71.8 cm³/mol. The molecule has 0 fully saturated rings. The van der Waals surface area contributed by atoms with Gasteiger partial charge in [-0.15, -0.1) is 0 Å². The lowest BCUT2D eigenvalue weighted by atomic mass is 10.0. The first kappa shape index (κ1) is 15.4. The SMILES string of the molecule is COCCC(C)(O)CNCc1c(Cl)c(C)nn1C. The molecule has 0 bridgehead atoms. The van der Waals surface area contributed by atoms with Gasteiger partial charge >= 0.3 is 0 Å². The van der Waals surface area contributed by atoms with Crippen molar-refractivity contribution >= 4 is 11.6 Å². The maximum atomic E-state index is 10.1. The topological polar surface area (TPSA) is 59.3 Å². The van der Waals surface area contributed by atoms with Crippen LogP contribution in [0, 0.1) is 6.92 Å². The highest BCUT2D eigenvalue weighted by Gasteiger charge is 2.20. The third-order valence-corrected chi connectivity index (χ3v) is 3.40. The first-order valence-electron chi connectivity index (χ1n) is 5.97.